The van der Waals surface area contributed by atoms with Crippen LogP contribution in [0.1, 0.15) is 32.8 Å². The van der Waals surface area contributed by atoms with Gasteiger partial charge in [0.1, 0.15) is 5.82 Å². The zero-order valence-electron chi connectivity index (χ0n) is 20.9. The summed E-state index contributed by atoms with van der Waals surface area (Å²) in [6.45, 7) is 8.98. The average Bonchev–Trinajstić information content (AvgIpc) is 2.84. The highest BCUT2D eigenvalue weighted by atomic mass is 35.5. The van der Waals surface area contributed by atoms with Crippen LogP contribution in [0.15, 0.2) is 42.6 Å². The topological polar surface area (TPSA) is 82.1 Å². The number of benzene rings is 1. The predicted octanol–water partition coefficient (Wildman–Crippen LogP) is 5.86. The van der Waals surface area contributed by atoms with E-state index in [4.69, 9.17) is 11.6 Å². The zero-order valence-corrected chi connectivity index (χ0v) is 21.7. The van der Waals surface area contributed by atoms with Crippen molar-refractivity contribution in [3.63, 3.8) is 0 Å². The molecule has 2 aromatic heterocycles. The summed E-state index contributed by atoms with van der Waals surface area (Å²) in [5.41, 5.74) is -0.272. The maximum Gasteiger partial charge on any atom is 0.416 e. The number of nitrogens with zero attached hydrogens (tertiary/aromatic N) is 6. The fraction of sp³-hybridized carbons (Fsp3) is 0.440. The third-order valence-electron chi connectivity index (χ3n) is 6.02. The average molecular weight is 535 g/mol. The van der Waals surface area contributed by atoms with Gasteiger partial charge in [0.15, 0.2) is 0 Å². The number of nitrogens with one attached hydrogen (secondary N) is 2. The normalized spacial score (nSPS) is 16.3. The van der Waals surface area contributed by atoms with Gasteiger partial charge in [-0.1, -0.05) is 25.4 Å². The van der Waals surface area contributed by atoms with E-state index in [0.717, 1.165) is 24.4 Å². The molecule has 2 N–H and O–H groups in total. The molecule has 0 amide bonds. The molecule has 1 fully saturated rings. The fourth-order valence-electron chi connectivity index (χ4n) is 4.03. The first kappa shape index (κ1) is 26.7. The number of pyridine rings is 1. The zero-order chi connectivity index (χ0) is 26.6. The van der Waals surface area contributed by atoms with Crippen LogP contribution < -0.4 is 20.4 Å². The minimum atomic E-state index is -4.40. The van der Waals surface area contributed by atoms with Crippen LogP contribution in [0, 0.1) is 5.92 Å². The van der Waals surface area contributed by atoms with Crippen LogP contribution in [0.2, 0.25) is 5.02 Å². The Bertz CT molecular complexity index is 1190. The van der Waals surface area contributed by atoms with Gasteiger partial charge >= 0.3 is 6.18 Å². The molecule has 8 nitrogen and oxygen atoms in total. The maximum atomic E-state index is 12.9. The molecular formula is C25H30ClF3N8. The number of halogens is 4. The summed E-state index contributed by atoms with van der Waals surface area (Å²) in [4.78, 5) is 22.4. The van der Waals surface area contributed by atoms with E-state index >= 15 is 0 Å². The lowest BCUT2D eigenvalue weighted by Crippen LogP contribution is -2.53. The number of rotatable bonds is 8. The second-order valence-electron chi connectivity index (χ2n) is 9.39. The molecule has 1 saturated heterocycles. The summed E-state index contributed by atoms with van der Waals surface area (Å²) in [5, 5.41) is 6.88. The van der Waals surface area contributed by atoms with Gasteiger partial charge in [-0.3, -0.25) is 0 Å². The standard InChI is InChI=1S/C25H30ClF3N8/c1-16(2)10-12-31-22-33-23(32-19-8-6-18(7-9-19)25(27,28)29)35-24(34-22)37-14-13-36(15-17(37)3)21-20(26)5-4-11-30-21/h4-9,11,16-17H,10,12-15H2,1-3H3,(H2,31,32,33,34,35)/t17-/m1/s1. The molecule has 0 saturated carbocycles. The van der Waals surface area contributed by atoms with Crippen molar-refractivity contribution < 1.29 is 13.2 Å². The quantitative estimate of drug-likeness (QED) is 0.372. The lowest BCUT2D eigenvalue weighted by atomic mass is 10.1. The van der Waals surface area contributed by atoms with Crippen molar-refractivity contribution in [1.82, 2.24) is 19.9 Å². The van der Waals surface area contributed by atoms with Crippen LogP contribution in [0.4, 0.5) is 42.5 Å². The Hall–Kier alpha value is -3.34. The first-order chi connectivity index (χ1) is 17.6. The van der Waals surface area contributed by atoms with Gasteiger partial charge in [-0.25, -0.2) is 4.98 Å². The Morgan fingerprint density at radius 3 is 2.43 bits per heavy atom. The Morgan fingerprint density at radius 1 is 1.05 bits per heavy atom. The number of hydrogen-bond acceptors (Lipinski definition) is 8. The summed E-state index contributed by atoms with van der Waals surface area (Å²) in [6, 6.07) is 8.42. The molecule has 0 unspecified atom stereocenters. The van der Waals surface area contributed by atoms with Crippen molar-refractivity contribution in [2.24, 2.45) is 5.92 Å². The number of piperazine rings is 1. The van der Waals surface area contributed by atoms with Crippen molar-refractivity contribution in [2.75, 3.05) is 46.6 Å². The Kier molecular flexibility index (Phi) is 8.21. The van der Waals surface area contributed by atoms with E-state index < -0.39 is 11.7 Å². The number of alkyl halides is 3. The van der Waals surface area contributed by atoms with Crippen LogP contribution in [0.25, 0.3) is 0 Å². The van der Waals surface area contributed by atoms with Crippen molar-refractivity contribution in [3.05, 3.63) is 53.2 Å². The molecule has 0 spiro atoms. The second kappa shape index (κ2) is 11.4. The van der Waals surface area contributed by atoms with Crippen molar-refractivity contribution in [2.45, 2.75) is 39.4 Å². The summed E-state index contributed by atoms with van der Waals surface area (Å²) < 4.78 is 38.8. The van der Waals surface area contributed by atoms with Crippen molar-refractivity contribution >= 4 is 41.0 Å². The number of hydrogen-bond donors (Lipinski definition) is 2. The monoisotopic (exact) mass is 534 g/mol. The van der Waals surface area contributed by atoms with Crippen LogP contribution in [-0.4, -0.2) is 52.2 Å². The molecule has 0 aliphatic carbocycles. The van der Waals surface area contributed by atoms with Crippen molar-refractivity contribution in [1.29, 1.82) is 0 Å². The Labute approximate surface area is 219 Å². The van der Waals surface area contributed by atoms with Crippen LogP contribution in [0.5, 0.6) is 0 Å². The highest BCUT2D eigenvalue weighted by Gasteiger charge is 2.30. The van der Waals surface area contributed by atoms with Crippen LogP contribution >= 0.6 is 11.6 Å². The van der Waals surface area contributed by atoms with Gasteiger partial charge in [-0.2, -0.15) is 28.1 Å². The minimum Gasteiger partial charge on any atom is -0.354 e. The first-order valence-corrected chi connectivity index (χ1v) is 12.5. The highest BCUT2D eigenvalue weighted by molar-refractivity contribution is 6.32. The molecular weight excluding hydrogens is 505 g/mol. The molecule has 1 aliphatic heterocycles. The van der Waals surface area contributed by atoms with E-state index in [-0.39, 0.29) is 12.0 Å². The van der Waals surface area contributed by atoms with E-state index in [0.29, 0.717) is 54.7 Å². The molecule has 12 heteroatoms. The van der Waals surface area contributed by atoms with Gasteiger partial charge in [0, 0.05) is 44.1 Å². The maximum absolute atomic E-state index is 12.9. The van der Waals surface area contributed by atoms with Gasteiger partial charge in [0.25, 0.3) is 0 Å². The summed E-state index contributed by atoms with van der Waals surface area (Å²) >= 11 is 6.35. The lowest BCUT2D eigenvalue weighted by molar-refractivity contribution is -0.137. The number of aromatic nitrogens is 4. The molecule has 3 aromatic rings. The van der Waals surface area contributed by atoms with E-state index in [1.807, 2.05) is 6.07 Å². The van der Waals surface area contributed by atoms with E-state index in [9.17, 15) is 13.2 Å². The van der Waals surface area contributed by atoms with Gasteiger partial charge in [0.05, 0.1) is 10.6 Å². The Morgan fingerprint density at radius 2 is 1.78 bits per heavy atom. The highest BCUT2D eigenvalue weighted by Crippen LogP contribution is 2.31. The third kappa shape index (κ3) is 6.91. The van der Waals surface area contributed by atoms with Crippen molar-refractivity contribution in [3.8, 4) is 0 Å². The van der Waals surface area contributed by atoms with Gasteiger partial charge in [-0.15, -0.1) is 0 Å². The number of anilines is 5. The van der Waals surface area contributed by atoms with E-state index in [1.165, 1.54) is 12.1 Å². The molecule has 0 bridgehead atoms. The Balaban J connectivity index is 1.55. The molecule has 1 atom stereocenters. The largest absolute Gasteiger partial charge is 0.416 e. The SMILES string of the molecule is CC(C)CCNc1nc(Nc2ccc(C(F)(F)F)cc2)nc(N2CCN(c3ncccc3Cl)C[C@H]2C)n1. The molecule has 198 valence electrons. The van der Waals surface area contributed by atoms with Crippen LogP contribution in [-0.2, 0) is 6.18 Å². The lowest BCUT2D eigenvalue weighted by Gasteiger charge is -2.40. The molecule has 1 aromatic carbocycles. The van der Waals surface area contributed by atoms with E-state index in [1.54, 1.807) is 12.3 Å². The molecule has 1 aliphatic rings. The first-order valence-electron chi connectivity index (χ1n) is 12.2. The molecule has 3 heterocycles. The van der Waals surface area contributed by atoms with Crippen LogP contribution in [0.3, 0.4) is 0 Å². The summed E-state index contributed by atoms with van der Waals surface area (Å²) in [6.07, 6.45) is -1.74. The second-order valence-corrected chi connectivity index (χ2v) is 9.80. The third-order valence-corrected chi connectivity index (χ3v) is 6.31. The summed E-state index contributed by atoms with van der Waals surface area (Å²) in [7, 11) is 0. The van der Waals surface area contributed by atoms with Gasteiger partial charge in [-0.05, 0) is 55.7 Å². The summed E-state index contributed by atoms with van der Waals surface area (Å²) in [5.74, 6) is 2.38. The molecule has 0 radical (unpaired) electrons. The predicted molar refractivity (Wildman–Crippen MR) is 141 cm³/mol. The van der Waals surface area contributed by atoms with Gasteiger partial charge < -0.3 is 20.4 Å². The molecule has 4 rings (SSSR count). The smallest absolute Gasteiger partial charge is 0.354 e. The van der Waals surface area contributed by atoms with Gasteiger partial charge in [0.2, 0.25) is 17.8 Å². The molecule has 37 heavy (non-hydrogen) atoms. The van der Waals surface area contributed by atoms with E-state index in [2.05, 4.69) is 61.1 Å². The minimum absolute atomic E-state index is 0.0386. The fourth-order valence-corrected chi connectivity index (χ4v) is 4.27.